The van der Waals surface area contributed by atoms with Crippen LogP contribution in [0.5, 0.6) is 0 Å². The maximum absolute atomic E-state index is 3.27. The van der Waals surface area contributed by atoms with E-state index in [1.165, 1.54) is 0 Å². The number of halogens is 2. The molecule has 0 aromatic heterocycles. The molecule has 0 aromatic rings. The zero-order chi connectivity index (χ0) is 4.28. The molecule has 0 amide bonds. The van der Waals surface area contributed by atoms with Crippen molar-refractivity contribution in [2.45, 2.75) is 3.74 Å². The molecule has 0 bridgehead atoms. The van der Waals surface area contributed by atoms with Crippen LogP contribution in [0.3, 0.4) is 0 Å². The van der Waals surface area contributed by atoms with Gasteiger partial charge in [0.2, 0.25) is 0 Å². The summed E-state index contributed by atoms with van der Waals surface area (Å²) in [6.45, 7) is 0. The van der Waals surface area contributed by atoms with Gasteiger partial charge in [-0.25, -0.2) is 0 Å². The molecule has 0 saturated heterocycles. The van der Waals surface area contributed by atoms with Crippen molar-refractivity contribution in [3.8, 4) is 0 Å². The first kappa shape index (κ1) is 6.39. The lowest BCUT2D eigenvalue weighted by atomic mass is 11.0. The Hall–Kier alpha value is 1.39. The van der Waals surface area contributed by atoms with Crippen LogP contribution < -0.4 is 0 Å². The lowest BCUT2D eigenvalue weighted by molar-refractivity contribution is 1.51. The molecule has 0 saturated carbocycles. The summed E-state index contributed by atoms with van der Waals surface area (Å²) in [5.41, 5.74) is 0. The van der Waals surface area contributed by atoms with Gasteiger partial charge in [-0.05, 0) is 6.16 Å². The van der Waals surface area contributed by atoms with Crippen LogP contribution in [0, 0.1) is 0 Å². The van der Waals surface area contributed by atoms with Crippen LogP contribution in [0.25, 0.3) is 0 Å². The molecule has 0 aliphatic heterocycles. The van der Waals surface area contributed by atoms with Crippen molar-refractivity contribution >= 4 is 41.1 Å². The fourth-order valence-corrected chi connectivity index (χ4v) is 0. The normalized spacial score (nSPS) is 9.60. The van der Waals surface area contributed by atoms with Crippen molar-refractivity contribution in [3.05, 3.63) is 0 Å². The van der Waals surface area contributed by atoms with Gasteiger partial charge in [-0.2, -0.15) is 0 Å². The van der Waals surface area contributed by atoms with Crippen molar-refractivity contribution < 1.29 is 0 Å². The maximum atomic E-state index is 3.27. The van der Waals surface area contributed by atoms with E-state index in [0.29, 0.717) is 3.74 Å². The molecule has 0 N–H and O–H groups in total. The highest BCUT2D eigenvalue weighted by atomic mass is 79.9. The highest BCUT2D eigenvalue weighted by Gasteiger charge is 1.85. The van der Waals surface area contributed by atoms with Gasteiger partial charge in [0, 0.05) is 0 Å². The van der Waals surface area contributed by atoms with Crippen LogP contribution in [0.15, 0.2) is 0 Å². The Bertz CT molecular complexity index is 21.6. The van der Waals surface area contributed by atoms with Crippen LogP contribution in [0.4, 0.5) is 0 Å². The van der Waals surface area contributed by atoms with Gasteiger partial charge in [0.15, 0.2) is 0 Å². The Labute approximate surface area is 51.2 Å². The van der Waals surface area contributed by atoms with E-state index in [0.717, 1.165) is 6.16 Å². The quantitative estimate of drug-likeness (QED) is 0.468. The largest absolute Gasteiger partial charge is 0.136 e. The third-order valence-corrected chi connectivity index (χ3v) is 2.78. The maximum Gasteiger partial charge on any atom is 0.0732 e. The summed E-state index contributed by atoms with van der Waals surface area (Å²) in [6.07, 6.45) is 1.06. The van der Waals surface area contributed by atoms with E-state index in [-0.39, 0.29) is 0 Å². The lowest BCUT2D eigenvalue weighted by Crippen LogP contribution is -1.79. The summed E-state index contributed by atoms with van der Waals surface area (Å²) in [7, 11) is 2.60. The molecule has 0 spiro atoms. The second-order valence-corrected chi connectivity index (χ2v) is 4.54. The summed E-state index contributed by atoms with van der Waals surface area (Å²) in [6, 6.07) is 0. The fourth-order valence-electron chi connectivity index (χ4n) is 0. The monoisotopic (exact) mass is 218 g/mol. The third kappa shape index (κ3) is 5.39. The van der Waals surface area contributed by atoms with Gasteiger partial charge in [-0.15, -0.1) is 9.24 Å². The molecular formula is C2H5Br2P. The predicted octanol–water partition coefficient (Wildman–Crippen LogP) is 1.98. The fraction of sp³-hybridized carbons (Fsp3) is 1.00. The minimum Gasteiger partial charge on any atom is -0.136 e. The molecule has 1 unspecified atom stereocenters. The van der Waals surface area contributed by atoms with Crippen molar-refractivity contribution in [2.75, 3.05) is 6.16 Å². The average Bonchev–Trinajstić information content (AvgIpc) is 1.38. The van der Waals surface area contributed by atoms with E-state index < -0.39 is 0 Å². The highest BCUT2D eigenvalue weighted by molar-refractivity contribution is 9.24. The minimum atomic E-state index is 0.472. The highest BCUT2D eigenvalue weighted by Crippen LogP contribution is 2.09. The second-order valence-electron chi connectivity index (χ2n) is 0.627. The summed E-state index contributed by atoms with van der Waals surface area (Å²) in [5, 5.41) is 0. The van der Waals surface area contributed by atoms with E-state index in [2.05, 4.69) is 41.1 Å². The van der Waals surface area contributed by atoms with E-state index in [4.69, 9.17) is 0 Å². The van der Waals surface area contributed by atoms with E-state index in [1.54, 1.807) is 0 Å². The Balaban J connectivity index is 2.54. The van der Waals surface area contributed by atoms with Crippen molar-refractivity contribution in [2.24, 2.45) is 0 Å². The first-order chi connectivity index (χ1) is 2.27. The number of alkyl halides is 2. The molecule has 32 valence electrons. The average molecular weight is 220 g/mol. The van der Waals surface area contributed by atoms with Gasteiger partial charge in [0.05, 0.1) is 3.74 Å². The van der Waals surface area contributed by atoms with E-state index in [1.807, 2.05) is 0 Å². The number of hydrogen-bond donors (Lipinski definition) is 0. The molecule has 1 atom stereocenters. The van der Waals surface area contributed by atoms with Gasteiger partial charge in [-0.3, -0.25) is 0 Å². The van der Waals surface area contributed by atoms with Crippen LogP contribution in [-0.4, -0.2) is 9.90 Å². The molecule has 0 aromatic carbocycles. The van der Waals surface area contributed by atoms with Crippen LogP contribution in [0.1, 0.15) is 0 Å². The van der Waals surface area contributed by atoms with Crippen LogP contribution in [0.2, 0.25) is 0 Å². The van der Waals surface area contributed by atoms with Crippen LogP contribution >= 0.6 is 41.1 Å². The third-order valence-electron chi connectivity index (χ3n) is 0.178. The molecule has 0 heterocycles. The van der Waals surface area contributed by atoms with Gasteiger partial charge < -0.3 is 0 Å². The summed E-state index contributed by atoms with van der Waals surface area (Å²) >= 11 is 6.54. The molecule has 0 aliphatic rings. The summed E-state index contributed by atoms with van der Waals surface area (Å²) in [5.74, 6) is 0. The summed E-state index contributed by atoms with van der Waals surface area (Å²) in [4.78, 5) is 0. The van der Waals surface area contributed by atoms with Gasteiger partial charge in [0.25, 0.3) is 0 Å². The number of hydrogen-bond acceptors (Lipinski definition) is 0. The van der Waals surface area contributed by atoms with Crippen molar-refractivity contribution in [1.29, 1.82) is 0 Å². The molecule has 0 rings (SSSR count). The van der Waals surface area contributed by atoms with Crippen molar-refractivity contribution in [1.82, 2.24) is 0 Å². The first-order valence-electron chi connectivity index (χ1n) is 1.25. The SMILES string of the molecule is PCC(Br)Br. The molecular weight excluding hydrogens is 215 g/mol. The Morgan fingerprint density at radius 1 is 1.60 bits per heavy atom. The minimum absolute atomic E-state index is 0.472. The Morgan fingerprint density at radius 2 is 1.80 bits per heavy atom. The van der Waals surface area contributed by atoms with Gasteiger partial charge in [0.1, 0.15) is 0 Å². The molecule has 0 radical (unpaired) electrons. The molecule has 3 heteroatoms. The van der Waals surface area contributed by atoms with Crippen LogP contribution in [-0.2, 0) is 0 Å². The molecule has 0 fully saturated rings. The molecule has 5 heavy (non-hydrogen) atoms. The van der Waals surface area contributed by atoms with Gasteiger partial charge in [-0.1, -0.05) is 31.9 Å². The van der Waals surface area contributed by atoms with E-state index >= 15 is 0 Å². The number of rotatable bonds is 1. The molecule has 0 nitrogen and oxygen atoms in total. The zero-order valence-electron chi connectivity index (χ0n) is 2.62. The zero-order valence-corrected chi connectivity index (χ0v) is 6.94. The topological polar surface area (TPSA) is 0 Å². The lowest BCUT2D eigenvalue weighted by Gasteiger charge is -1.85. The standard InChI is InChI=1S/C2H5Br2P/c3-2(4)1-5/h2H,1,5H2. The smallest absolute Gasteiger partial charge is 0.0732 e. The Morgan fingerprint density at radius 3 is 1.80 bits per heavy atom. The predicted molar refractivity (Wildman–Crippen MR) is 36.2 cm³/mol. The summed E-state index contributed by atoms with van der Waals surface area (Å²) < 4.78 is 0.472. The molecule has 0 aliphatic carbocycles. The van der Waals surface area contributed by atoms with E-state index in [9.17, 15) is 0 Å². The second kappa shape index (κ2) is 3.58. The van der Waals surface area contributed by atoms with Crippen molar-refractivity contribution in [3.63, 3.8) is 0 Å². The first-order valence-corrected chi connectivity index (χ1v) is 3.90. The Kier molecular flexibility index (Phi) is 4.57. The van der Waals surface area contributed by atoms with Gasteiger partial charge >= 0.3 is 0 Å².